The van der Waals surface area contributed by atoms with Crippen molar-refractivity contribution in [1.29, 1.82) is 0 Å². The number of hydrogen-bond donors (Lipinski definition) is 4. The maximum absolute atomic E-state index is 10.1. The molecule has 2 aliphatic heterocycles. The molecule has 0 spiro atoms. The fourth-order valence-corrected chi connectivity index (χ4v) is 3.61. The Morgan fingerprint density at radius 3 is 2.44 bits per heavy atom. The molecule has 2 aromatic carbocycles. The number of nitrogens with zero attached hydrogens (tertiary/aromatic N) is 1. The Morgan fingerprint density at radius 1 is 0.963 bits per heavy atom. The lowest BCUT2D eigenvalue weighted by molar-refractivity contribution is -0.277. The van der Waals surface area contributed by atoms with E-state index < -0.39 is 37.3 Å². The molecule has 7 heteroatoms. The molecule has 2 aromatic rings. The molecule has 4 rings (SSSR count). The van der Waals surface area contributed by atoms with E-state index in [4.69, 9.17) is 9.47 Å². The number of benzene rings is 2. The van der Waals surface area contributed by atoms with Crippen LogP contribution in [0.25, 0.3) is 0 Å². The molecule has 7 nitrogen and oxygen atoms in total. The number of aliphatic hydroxyl groups excluding tert-OH is 4. The van der Waals surface area contributed by atoms with Gasteiger partial charge in [-0.05, 0) is 42.3 Å². The third-order valence-electron chi connectivity index (χ3n) is 5.14. The minimum Gasteiger partial charge on any atom is -0.462 e. The average molecular weight is 373 g/mol. The minimum absolute atomic E-state index is 0.454. The van der Waals surface area contributed by atoms with Crippen molar-refractivity contribution in [1.82, 2.24) is 0 Å². The third kappa shape index (κ3) is 3.40. The molecule has 27 heavy (non-hydrogen) atoms. The second kappa shape index (κ2) is 7.46. The third-order valence-corrected chi connectivity index (χ3v) is 5.14. The average Bonchev–Trinajstić information content (AvgIpc) is 3.13. The van der Waals surface area contributed by atoms with Crippen LogP contribution in [0.15, 0.2) is 48.5 Å². The van der Waals surface area contributed by atoms with Crippen LogP contribution in [-0.4, -0.2) is 64.3 Å². The Bertz CT molecular complexity index is 780. The fraction of sp³-hybridized carbons (Fsp3) is 0.400. The molecule has 4 N–H and O–H groups in total. The van der Waals surface area contributed by atoms with Crippen LogP contribution < -0.4 is 9.64 Å². The summed E-state index contributed by atoms with van der Waals surface area (Å²) in [6, 6.07) is 15.7. The van der Waals surface area contributed by atoms with Gasteiger partial charge in [-0.15, -0.1) is 0 Å². The van der Waals surface area contributed by atoms with Crippen LogP contribution in [0.4, 0.5) is 11.4 Å². The number of fused-ring (bicyclic) bond motifs is 1. The number of rotatable bonds is 4. The van der Waals surface area contributed by atoms with E-state index in [-0.39, 0.29) is 0 Å². The molecule has 0 aromatic heterocycles. The molecule has 1 fully saturated rings. The van der Waals surface area contributed by atoms with Gasteiger partial charge in [0.05, 0.1) is 6.61 Å². The lowest BCUT2D eigenvalue weighted by Gasteiger charge is -2.39. The fourth-order valence-electron chi connectivity index (χ4n) is 3.61. The molecule has 5 atom stereocenters. The van der Waals surface area contributed by atoms with E-state index in [1.807, 2.05) is 24.3 Å². The quantitative estimate of drug-likeness (QED) is 0.621. The molecule has 5 unspecified atom stereocenters. The highest BCUT2D eigenvalue weighted by Gasteiger charge is 2.44. The molecule has 0 saturated carbocycles. The zero-order chi connectivity index (χ0) is 19.0. The van der Waals surface area contributed by atoms with Crippen molar-refractivity contribution < 1.29 is 29.9 Å². The molecule has 0 aliphatic carbocycles. The summed E-state index contributed by atoms with van der Waals surface area (Å²) in [5.41, 5.74) is 3.54. The maximum Gasteiger partial charge on any atom is 0.229 e. The van der Waals surface area contributed by atoms with E-state index in [0.29, 0.717) is 5.75 Å². The summed E-state index contributed by atoms with van der Waals surface area (Å²) in [6.45, 7) is 0.421. The molecule has 2 aliphatic rings. The zero-order valence-corrected chi connectivity index (χ0v) is 14.7. The first-order chi connectivity index (χ1) is 13.1. The highest BCUT2D eigenvalue weighted by Crippen LogP contribution is 2.35. The van der Waals surface area contributed by atoms with Gasteiger partial charge in [-0.25, -0.2) is 0 Å². The van der Waals surface area contributed by atoms with E-state index >= 15 is 0 Å². The first kappa shape index (κ1) is 18.2. The SMILES string of the molecule is OCC1OC(Oc2ccc(N3CCc4ccccc43)cc2)C(O)C(O)C1O. The van der Waals surface area contributed by atoms with Crippen LogP contribution in [-0.2, 0) is 11.2 Å². The molecule has 0 amide bonds. The summed E-state index contributed by atoms with van der Waals surface area (Å²) in [4.78, 5) is 2.23. The van der Waals surface area contributed by atoms with Crippen LogP contribution in [0.5, 0.6) is 5.75 Å². The summed E-state index contributed by atoms with van der Waals surface area (Å²) in [5.74, 6) is 0.454. The van der Waals surface area contributed by atoms with Gasteiger partial charge in [0.2, 0.25) is 6.29 Å². The van der Waals surface area contributed by atoms with Gasteiger partial charge in [-0.1, -0.05) is 18.2 Å². The Kier molecular flexibility index (Phi) is 5.03. The Hall–Kier alpha value is -2.16. The normalized spacial score (nSPS) is 30.2. The van der Waals surface area contributed by atoms with Gasteiger partial charge in [-0.3, -0.25) is 0 Å². The van der Waals surface area contributed by atoms with Crippen molar-refractivity contribution >= 4 is 11.4 Å². The number of aliphatic hydroxyl groups is 4. The van der Waals surface area contributed by atoms with E-state index in [2.05, 4.69) is 17.0 Å². The van der Waals surface area contributed by atoms with Gasteiger partial charge in [0.15, 0.2) is 0 Å². The van der Waals surface area contributed by atoms with Crippen LogP contribution in [0.1, 0.15) is 5.56 Å². The summed E-state index contributed by atoms with van der Waals surface area (Å²) < 4.78 is 11.0. The summed E-state index contributed by atoms with van der Waals surface area (Å²) in [6.07, 6.45) is -5.45. The molecular weight excluding hydrogens is 350 g/mol. The summed E-state index contributed by atoms with van der Waals surface area (Å²) in [5, 5.41) is 39.0. The van der Waals surface area contributed by atoms with Crippen LogP contribution in [0, 0.1) is 0 Å². The van der Waals surface area contributed by atoms with E-state index in [1.54, 1.807) is 12.1 Å². The number of para-hydroxylation sites is 1. The largest absolute Gasteiger partial charge is 0.462 e. The molecule has 1 saturated heterocycles. The molecule has 0 radical (unpaired) electrons. The maximum atomic E-state index is 10.1. The predicted octanol–water partition coefficient (Wildman–Crippen LogP) is 0.559. The van der Waals surface area contributed by atoms with E-state index in [9.17, 15) is 20.4 Å². The monoisotopic (exact) mass is 373 g/mol. The summed E-state index contributed by atoms with van der Waals surface area (Å²) >= 11 is 0. The lowest BCUT2D eigenvalue weighted by Crippen LogP contribution is -2.60. The van der Waals surface area contributed by atoms with Crippen molar-refractivity contribution in [2.45, 2.75) is 37.1 Å². The second-order valence-corrected chi connectivity index (χ2v) is 6.84. The van der Waals surface area contributed by atoms with Crippen LogP contribution in [0.3, 0.4) is 0 Å². The highest BCUT2D eigenvalue weighted by molar-refractivity contribution is 5.70. The van der Waals surface area contributed by atoms with Crippen molar-refractivity contribution in [3.05, 3.63) is 54.1 Å². The molecule has 0 bridgehead atoms. The lowest BCUT2D eigenvalue weighted by atomic mass is 9.99. The first-order valence-electron chi connectivity index (χ1n) is 9.01. The smallest absolute Gasteiger partial charge is 0.229 e. The van der Waals surface area contributed by atoms with Gasteiger partial charge >= 0.3 is 0 Å². The topological polar surface area (TPSA) is 103 Å². The number of anilines is 2. The van der Waals surface area contributed by atoms with Crippen LogP contribution >= 0.6 is 0 Å². The van der Waals surface area contributed by atoms with Gasteiger partial charge in [0.1, 0.15) is 30.2 Å². The standard InChI is InChI=1S/C20H23NO6/c22-11-16-17(23)18(24)19(25)20(27-16)26-14-7-5-13(6-8-14)21-10-9-12-3-1-2-4-15(12)21/h1-8,16-20,22-25H,9-11H2. The first-order valence-corrected chi connectivity index (χ1v) is 9.01. The highest BCUT2D eigenvalue weighted by atomic mass is 16.7. The number of ether oxygens (including phenoxy) is 2. The van der Waals surface area contributed by atoms with E-state index in [0.717, 1.165) is 18.7 Å². The Balaban J connectivity index is 1.47. The van der Waals surface area contributed by atoms with Gasteiger partial charge in [-0.2, -0.15) is 0 Å². The summed E-state index contributed by atoms with van der Waals surface area (Å²) in [7, 11) is 0. The van der Waals surface area contributed by atoms with Crippen molar-refractivity contribution in [2.24, 2.45) is 0 Å². The molecule has 144 valence electrons. The van der Waals surface area contributed by atoms with Gasteiger partial charge in [0, 0.05) is 17.9 Å². The van der Waals surface area contributed by atoms with Crippen molar-refractivity contribution in [2.75, 3.05) is 18.1 Å². The predicted molar refractivity (Wildman–Crippen MR) is 98.0 cm³/mol. The second-order valence-electron chi connectivity index (χ2n) is 6.84. The van der Waals surface area contributed by atoms with Crippen molar-refractivity contribution in [3.63, 3.8) is 0 Å². The zero-order valence-electron chi connectivity index (χ0n) is 14.7. The van der Waals surface area contributed by atoms with Crippen LogP contribution in [0.2, 0.25) is 0 Å². The van der Waals surface area contributed by atoms with Crippen molar-refractivity contribution in [3.8, 4) is 5.75 Å². The number of hydrogen-bond acceptors (Lipinski definition) is 7. The van der Waals surface area contributed by atoms with Gasteiger partial charge in [0.25, 0.3) is 0 Å². The minimum atomic E-state index is -1.46. The van der Waals surface area contributed by atoms with E-state index in [1.165, 1.54) is 11.3 Å². The molecule has 2 heterocycles. The Labute approximate surface area is 157 Å². The Morgan fingerprint density at radius 2 is 1.70 bits per heavy atom. The molecular formula is C20H23NO6. The van der Waals surface area contributed by atoms with Gasteiger partial charge < -0.3 is 34.8 Å².